The number of carboxylic acid groups (broad SMARTS) is 2. The molecule has 3 aromatic carbocycles. The van der Waals surface area contributed by atoms with Crippen LogP contribution < -0.4 is 0 Å². The van der Waals surface area contributed by atoms with Gasteiger partial charge in [0.1, 0.15) is 10.0 Å². The standard InChI is InChI=1S/C22H12N2O4S2/c25-21(26)13-10-14(22(27)28)12(20-24-16-6-2-4-8-18(16)30-20)9-11(13)19-23-15-5-1-3-7-17(15)29-19/h1-10H,(H,25,26)(H,27,28). The summed E-state index contributed by atoms with van der Waals surface area (Å²) in [7, 11) is 0. The lowest BCUT2D eigenvalue weighted by atomic mass is 9.98. The smallest absolute Gasteiger partial charge is 0.336 e. The molecule has 0 amide bonds. The second kappa shape index (κ2) is 7.01. The van der Waals surface area contributed by atoms with E-state index in [9.17, 15) is 19.8 Å². The van der Waals surface area contributed by atoms with E-state index in [1.165, 1.54) is 28.7 Å². The van der Waals surface area contributed by atoms with Crippen LogP contribution in [-0.2, 0) is 0 Å². The molecule has 0 spiro atoms. The third-order valence-electron chi connectivity index (χ3n) is 4.67. The van der Waals surface area contributed by atoms with Crippen LogP contribution in [0.5, 0.6) is 0 Å². The van der Waals surface area contributed by atoms with Crippen molar-refractivity contribution in [3.63, 3.8) is 0 Å². The summed E-state index contributed by atoms with van der Waals surface area (Å²) in [4.78, 5) is 33.0. The molecule has 2 aromatic heterocycles. The number of carbonyl (C=O) groups is 2. The molecule has 0 fully saturated rings. The van der Waals surface area contributed by atoms with Crippen LogP contribution in [0.1, 0.15) is 20.7 Å². The van der Waals surface area contributed by atoms with Gasteiger partial charge < -0.3 is 10.2 Å². The molecular formula is C22H12N2O4S2. The van der Waals surface area contributed by atoms with Gasteiger partial charge in [-0.25, -0.2) is 19.6 Å². The minimum Gasteiger partial charge on any atom is -0.478 e. The number of aromatic nitrogens is 2. The molecule has 30 heavy (non-hydrogen) atoms. The van der Waals surface area contributed by atoms with Crippen molar-refractivity contribution in [3.8, 4) is 21.1 Å². The van der Waals surface area contributed by atoms with Crippen LogP contribution >= 0.6 is 22.7 Å². The number of aromatic carboxylic acids is 2. The van der Waals surface area contributed by atoms with Crippen molar-refractivity contribution >= 4 is 55.0 Å². The van der Waals surface area contributed by atoms with Gasteiger partial charge in [0.25, 0.3) is 0 Å². The fraction of sp³-hybridized carbons (Fsp3) is 0. The van der Waals surface area contributed by atoms with Gasteiger partial charge in [0.15, 0.2) is 0 Å². The van der Waals surface area contributed by atoms with Crippen molar-refractivity contribution in [2.24, 2.45) is 0 Å². The third kappa shape index (κ3) is 3.02. The Labute approximate surface area is 177 Å². The number of hydrogen-bond acceptors (Lipinski definition) is 6. The second-order valence-electron chi connectivity index (χ2n) is 6.53. The molecule has 0 bridgehead atoms. The fourth-order valence-electron chi connectivity index (χ4n) is 3.28. The number of nitrogens with zero attached hydrogens (tertiary/aromatic N) is 2. The van der Waals surface area contributed by atoms with Crippen molar-refractivity contribution in [2.45, 2.75) is 0 Å². The molecule has 5 rings (SSSR count). The van der Waals surface area contributed by atoms with Gasteiger partial charge >= 0.3 is 11.9 Å². The zero-order valence-corrected chi connectivity index (χ0v) is 16.8. The second-order valence-corrected chi connectivity index (χ2v) is 8.59. The minimum atomic E-state index is -1.21. The van der Waals surface area contributed by atoms with Crippen molar-refractivity contribution in [2.75, 3.05) is 0 Å². The highest BCUT2D eigenvalue weighted by atomic mass is 32.1. The Bertz CT molecular complexity index is 1300. The summed E-state index contributed by atoms with van der Waals surface area (Å²) in [5.41, 5.74) is 2.08. The molecule has 0 radical (unpaired) electrons. The quantitative estimate of drug-likeness (QED) is 0.381. The molecular weight excluding hydrogens is 420 g/mol. The van der Waals surface area contributed by atoms with Gasteiger partial charge in [-0.1, -0.05) is 24.3 Å². The number of para-hydroxylation sites is 2. The molecule has 0 aliphatic carbocycles. The fourth-order valence-corrected chi connectivity index (χ4v) is 5.27. The number of hydrogen-bond donors (Lipinski definition) is 2. The number of rotatable bonds is 4. The van der Waals surface area contributed by atoms with E-state index in [2.05, 4.69) is 9.97 Å². The van der Waals surface area contributed by atoms with Gasteiger partial charge in [0.2, 0.25) is 0 Å². The number of thiazole rings is 2. The normalized spacial score (nSPS) is 11.2. The van der Waals surface area contributed by atoms with Gasteiger partial charge in [-0.3, -0.25) is 0 Å². The molecule has 0 atom stereocenters. The highest BCUT2D eigenvalue weighted by Gasteiger charge is 2.24. The zero-order valence-electron chi connectivity index (χ0n) is 15.2. The van der Waals surface area contributed by atoms with Crippen molar-refractivity contribution < 1.29 is 19.8 Å². The first kappa shape index (κ1) is 18.4. The number of benzene rings is 3. The van der Waals surface area contributed by atoms with Crippen LogP contribution in [-0.4, -0.2) is 32.1 Å². The van der Waals surface area contributed by atoms with E-state index in [0.29, 0.717) is 21.1 Å². The number of carboxylic acids is 2. The predicted molar refractivity (Wildman–Crippen MR) is 118 cm³/mol. The maximum atomic E-state index is 11.9. The predicted octanol–water partition coefficient (Wildman–Crippen LogP) is 5.64. The van der Waals surface area contributed by atoms with E-state index in [1.54, 1.807) is 6.07 Å². The van der Waals surface area contributed by atoms with Gasteiger partial charge in [-0.2, -0.15) is 0 Å². The van der Waals surface area contributed by atoms with Crippen LogP contribution in [0.2, 0.25) is 0 Å². The molecule has 0 aliphatic heterocycles. The van der Waals surface area contributed by atoms with Crippen molar-refractivity contribution in [1.29, 1.82) is 0 Å². The summed E-state index contributed by atoms with van der Waals surface area (Å²) < 4.78 is 1.85. The van der Waals surface area contributed by atoms with Crippen LogP contribution in [0.3, 0.4) is 0 Å². The summed E-state index contributed by atoms with van der Waals surface area (Å²) in [6.07, 6.45) is 0. The topological polar surface area (TPSA) is 100 Å². The molecule has 0 unspecified atom stereocenters. The van der Waals surface area contributed by atoms with Gasteiger partial charge in [0, 0.05) is 11.1 Å². The molecule has 2 N–H and O–H groups in total. The molecule has 0 saturated carbocycles. The van der Waals surface area contributed by atoms with Crippen molar-refractivity contribution in [3.05, 3.63) is 71.8 Å². The lowest BCUT2D eigenvalue weighted by Crippen LogP contribution is -2.06. The lowest BCUT2D eigenvalue weighted by molar-refractivity contribution is 0.0696. The molecule has 5 aromatic rings. The molecule has 2 heterocycles. The monoisotopic (exact) mass is 432 g/mol. The third-order valence-corrected chi connectivity index (χ3v) is 6.81. The largest absolute Gasteiger partial charge is 0.478 e. The number of fused-ring (bicyclic) bond motifs is 2. The van der Waals surface area contributed by atoms with Crippen molar-refractivity contribution in [1.82, 2.24) is 9.97 Å². The maximum absolute atomic E-state index is 11.9. The van der Waals surface area contributed by atoms with Crippen LogP contribution in [0, 0.1) is 0 Å². The minimum absolute atomic E-state index is 0.101. The van der Waals surface area contributed by atoms with E-state index < -0.39 is 11.9 Å². The Morgan fingerprint density at radius 3 is 1.50 bits per heavy atom. The van der Waals surface area contributed by atoms with Crippen LogP contribution in [0.25, 0.3) is 41.6 Å². The highest BCUT2D eigenvalue weighted by molar-refractivity contribution is 7.22. The first-order valence-electron chi connectivity index (χ1n) is 8.88. The Hall–Kier alpha value is -3.62. The van der Waals surface area contributed by atoms with Gasteiger partial charge in [0.05, 0.1) is 31.6 Å². The first-order valence-corrected chi connectivity index (χ1v) is 10.5. The molecule has 146 valence electrons. The van der Waals surface area contributed by atoms with E-state index in [1.807, 2.05) is 48.5 Å². The average Bonchev–Trinajstić information content (AvgIpc) is 3.36. The summed E-state index contributed by atoms with van der Waals surface area (Å²) in [5, 5.41) is 20.6. The van der Waals surface area contributed by atoms with E-state index in [-0.39, 0.29) is 11.1 Å². The van der Waals surface area contributed by atoms with E-state index in [4.69, 9.17) is 0 Å². The Morgan fingerprint density at radius 2 is 1.10 bits per heavy atom. The molecule has 6 nitrogen and oxygen atoms in total. The molecule has 8 heteroatoms. The van der Waals surface area contributed by atoms with E-state index in [0.717, 1.165) is 20.4 Å². The Kier molecular flexibility index (Phi) is 4.30. The Balaban J connectivity index is 1.80. The first-order chi connectivity index (χ1) is 14.5. The molecule has 0 saturated heterocycles. The van der Waals surface area contributed by atoms with Gasteiger partial charge in [-0.15, -0.1) is 22.7 Å². The van der Waals surface area contributed by atoms with Gasteiger partial charge in [-0.05, 0) is 36.4 Å². The highest BCUT2D eigenvalue weighted by Crippen LogP contribution is 2.39. The van der Waals surface area contributed by atoms with Crippen LogP contribution in [0.15, 0.2) is 60.7 Å². The van der Waals surface area contributed by atoms with Crippen LogP contribution in [0.4, 0.5) is 0 Å². The summed E-state index contributed by atoms with van der Waals surface area (Å²) >= 11 is 2.73. The average molecular weight is 432 g/mol. The maximum Gasteiger partial charge on any atom is 0.336 e. The molecule has 0 aliphatic rings. The summed E-state index contributed by atoms with van der Waals surface area (Å²) in [5.74, 6) is -2.41. The Morgan fingerprint density at radius 1 is 0.667 bits per heavy atom. The SMILES string of the molecule is O=C(O)c1cc(C(=O)O)c(-c2nc3ccccc3s2)cc1-c1nc2ccccc2s1. The van der Waals surface area contributed by atoms with E-state index >= 15 is 0 Å². The zero-order chi connectivity index (χ0) is 20.8. The summed E-state index contributed by atoms with van der Waals surface area (Å²) in [6.45, 7) is 0. The summed E-state index contributed by atoms with van der Waals surface area (Å²) in [6, 6.07) is 17.8. The lowest BCUT2D eigenvalue weighted by Gasteiger charge is -2.09.